The molecule has 4 rings (SSSR count). The third-order valence-electron chi connectivity index (χ3n) is 5.73. The van der Waals surface area contributed by atoms with Crippen molar-refractivity contribution in [2.75, 3.05) is 7.11 Å². The number of amides is 1. The van der Waals surface area contributed by atoms with Crippen LogP contribution in [0, 0.1) is 0 Å². The van der Waals surface area contributed by atoms with Crippen molar-refractivity contribution in [3.8, 4) is 5.75 Å². The number of ketones is 1. The first-order chi connectivity index (χ1) is 14.4. The number of Topliss-reactive ketones (excluding diaryl/α,β-unsaturated/α-hetero) is 1. The molecule has 0 spiro atoms. The summed E-state index contributed by atoms with van der Waals surface area (Å²) in [5, 5.41) is 11.6. The number of carbonyl (C=O) groups is 2. The lowest BCUT2D eigenvalue weighted by atomic mass is 9.92. The molecule has 1 aliphatic heterocycles. The molecule has 1 aromatic carbocycles. The molecular weight excluding hydrogens is 429 g/mol. The van der Waals surface area contributed by atoms with Crippen LogP contribution < -0.4 is 4.74 Å². The number of furan rings is 1. The van der Waals surface area contributed by atoms with Crippen LogP contribution in [-0.4, -0.2) is 34.8 Å². The number of benzene rings is 1. The molecule has 2 aromatic rings. The van der Waals surface area contributed by atoms with Crippen LogP contribution in [0.25, 0.3) is 5.76 Å². The van der Waals surface area contributed by atoms with Crippen molar-refractivity contribution in [3.63, 3.8) is 0 Å². The molecule has 0 bridgehead atoms. The Labute approximate surface area is 184 Å². The highest BCUT2D eigenvalue weighted by atomic mass is 35.5. The number of methoxy groups -OCH3 is 1. The number of aliphatic hydroxyl groups is 1. The summed E-state index contributed by atoms with van der Waals surface area (Å²) >= 11 is 12.3. The minimum Gasteiger partial charge on any atom is -0.507 e. The van der Waals surface area contributed by atoms with E-state index in [-0.39, 0.29) is 33.0 Å². The van der Waals surface area contributed by atoms with E-state index in [1.807, 2.05) is 0 Å². The average molecular weight is 450 g/mol. The van der Waals surface area contributed by atoms with Gasteiger partial charge in [0, 0.05) is 11.1 Å². The Morgan fingerprint density at radius 1 is 1.20 bits per heavy atom. The van der Waals surface area contributed by atoms with Gasteiger partial charge in [-0.3, -0.25) is 9.59 Å². The number of likely N-dealkylation sites (tertiary alicyclic amines) is 1. The highest BCUT2D eigenvalue weighted by molar-refractivity contribution is 6.47. The maximum Gasteiger partial charge on any atom is 0.296 e. The lowest BCUT2D eigenvalue weighted by molar-refractivity contribution is -0.142. The zero-order valence-electron chi connectivity index (χ0n) is 16.4. The Morgan fingerprint density at radius 2 is 1.93 bits per heavy atom. The van der Waals surface area contributed by atoms with Crippen LogP contribution >= 0.6 is 23.2 Å². The molecule has 1 atom stereocenters. The molecule has 2 aliphatic rings. The Morgan fingerprint density at radius 3 is 2.57 bits per heavy atom. The fraction of sp³-hybridized carbons (Fsp3) is 0.364. The molecule has 0 radical (unpaired) electrons. The quantitative estimate of drug-likeness (QED) is 0.386. The third kappa shape index (κ3) is 3.48. The second-order valence-corrected chi connectivity index (χ2v) is 8.33. The monoisotopic (exact) mass is 449 g/mol. The van der Waals surface area contributed by atoms with Crippen molar-refractivity contribution in [1.29, 1.82) is 0 Å². The molecule has 158 valence electrons. The number of hydrogen-bond donors (Lipinski definition) is 1. The largest absolute Gasteiger partial charge is 0.507 e. The first kappa shape index (κ1) is 20.8. The predicted octanol–water partition coefficient (Wildman–Crippen LogP) is 5.35. The van der Waals surface area contributed by atoms with Crippen LogP contribution in [0.2, 0.25) is 10.0 Å². The van der Waals surface area contributed by atoms with E-state index in [4.69, 9.17) is 32.4 Å². The normalized spacial score (nSPS) is 22.0. The molecule has 6 nitrogen and oxygen atoms in total. The van der Waals surface area contributed by atoms with E-state index in [0.29, 0.717) is 5.76 Å². The smallest absolute Gasteiger partial charge is 0.296 e. The lowest BCUT2D eigenvalue weighted by Crippen LogP contribution is -2.40. The number of hydrogen-bond acceptors (Lipinski definition) is 5. The van der Waals surface area contributed by atoms with Gasteiger partial charge in [0.1, 0.15) is 23.3 Å². The highest BCUT2D eigenvalue weighted by Gasteiger charge is 2.50. The van der Waals surface area contributed by atoms with Gasteiger partial charge in [-0.05, 0) is 37.1 Å². The van der Waals surface area contributed by atoms with Crippen molar-refractivity contribution in [2.24, 2.45) is 0 Å². The van der Waals surface area contributed by atoms with Crippen molar-refractivity contribution in [1.82, 2.24) is 4.90 Å². The van der Waals surface area contributed by atoms with Crippen LogP contribution in [-0.2, 0) is 9.59 Å². The van der Waals surface area contributed by atoms with Crippen LogP contribution in [0.1, 0.15) is 49.5 Å². The second kappa shape index (κ2) is 8.36. The number of nitrogens with zero attached hydrogens (tertiary/aromatic N) is 1. The van der Waals surface area contributed by atoms with Gasteiger partial charge >= 0.3 is 0 Å². The van der Waals surface area contributed by atoms with Gasteiger partial charge in [0.15, 0.2) is 0 Å². The van der Waals surface area contributed by atoms with Crippen LogP contribution in [0.4, 0.5) is 0 Å². The molecule has 1 amide bonds. The third-order valence-corrected chi connectivity index (χ3v) is 6.23. The summed E-state index contributed by atoms with van der Waals surface area (Å²) in [6.45, 7) is 0. The van der Waals surface area contributed by atoms with Crippen LogP contribution in [0.15, 0.2) is 40.5 Å². The maximum absolute atomic E-state index is 13.1. The van der Waals surface area contributed by atoms with Gasteiger partial charge in [0.2, 0.25) is 0 Å². The minimum atomic E-state index is -0.828. The highest BCUT2D eigenvalue weighted by Crippen LogP contribution is 2.45. The molecule has 1 aliphatic carbocycles. The minimum absolute atomic E-state index is 0.0582. The Kier molecular flexibility index (Phi) is 5.80. The number of aliphatic hydroxyl groups excluding tert-OH is 1. The van der Waals surface area contributed by atoms with Gasteiger partial charge in [-0.15, -0.1) is 0 Å². The van der Waals surface area contributed by atoms with E-state index in [1.165, 1.54) is 25.5 Å². The van der Waals surface area contributed by atoms with Crippen LogP contribution in [0.5, 0.6) is 5.75 Å². The van der Waals surface area contributed by atoms with Gasteiger partial charge < -0.3 is 19.2 Å². The fourth-order valence-corrected chi connectivity index (χ4v) is 4.97. The molecule has 30 heavy (non-hydrogen) atoms. The number of carbonyl (C=O) groups excluding carboxylic acids is 2. The first-order valence-corrected chi connectivity index (χ1v) is 10.6. The Balaban J connectivity index is 1.91. The number of rotatable bonds is 4. The van der Waals surface area contributed by atoms with Crippen LogP contribution in [0.3, 0.4) is 0 Å². The summed E-state index contributed by atoms with van der Waals surface area (Å²) in [7, 11) is 1.40. The van der Waals surface area contributed by atoms with Gasteiger partial charge in [0.25, 0.3) is 11.7 Å². The standard InChI is InChI=1S/C22H21Cl2NO5/c1-29-21-14(10-12(23)11-15(21)24)19(26)17-18(16-8-5-9-30-16)25(22(28)20(17)27)13-6-3-2-4-7-13/h5,8-11,13,18,26H,2-4,6-7H2,1H3/b19-17-. The molecule has 1 unspecified atom stereocenters. The van der Waals surface area contributed by atoms with Gasteiger partial charge in [0.05, 0.1) is 29.5 Å². The van der Waals surface area contributed by atoms with Gasteiger partial charge in [-0.1, -0.05) is 42.5 Å². The van der Waals surface area contributed by atoms with Crippen molar-refractivity contribution >= 4 is 40.7 Å². The fourth-order valence-electron chi connectivity index (χ4n) is 4.40. The van der Waals surface area contributed by atoms with Gasteiger partial charge in [-0.25, -0.2) is 0 Å². The van der Waals surface area contributed by atoms with Crippen molar-refractivity contribution in [2.45, 2.75) is 44.2 Å². The molecule has 1 N–H and O–H groups in total. The Bertz CT molecular complexity index is 1010. The number of halogens is 2. The van der Waals surface area contributed by atoms with E-state index in [9.17, 15) is 14.7 Å². The molecule has 1 saturated heterocycles. The van der Waals surface area contributed by atoms with Crippen molar-refractivity contribution in [3.05, 3.63) is 57.5 Å². The molecule has 2 heterocycles. The van der Waals surface area contributed by atoms with E-state index in [0.717, 1.165) is 32.1 Å². The molecule has 8 heteroatoms. The van der Waals surface area contributed by atoms with E-state index in [2.05, 4.69) is 0 Å². The Hall–Kier alpha value is -2.44. The second-order valence-electron chi connectivity index (χ2n) is 7.48. The molecule has 2 fully saturated rings. The predicted molar refractivity (Wildman–Crippen MR) is 113 cm³/mol. The lowest BCUT2D eigenvalue weighted by Gasteiger charge is -2.34. The molecular formula is C22H21Cl2NO5. The maximum atomic E-state index is 13.1. The summed E-state index contributed by atoms with van der Waals surface area (Å²) in [5.74, 6) is -1.22. The molecule has 1 aromatic heterocycles. The average Bonchev–Trinajstić information content (AvgIpc) is 3.35. The topological polar surface area (TPSA) is 80.0 Å². The van der Waals surface area contributed by atoms with E-state index in [1.54, 1.807) is 17.0 Å². The summed E-state index contributed by atoms with van der Waals surface area (Å²) in [5.41, 5.74) is 0.0883. The van der Waals surface area contributed by atoms with Gasteiger partial charge in [-0.2, -0.15) is 0 Å². The zero-order valence-corrected chi connectivity index (χ0v) is 17.9. The van der Waals surface area contributed by atoms with E-state index >= 15 is 0 Å². The summed E-state index contributed by atoms with van der Waals surface area (Å²) in [6.07, 6.45) is 6.15. The number of ether oxygens (including phenoxy) is 1. The summed E-state index contributed by atoms with van der Waals surface area (Å²) in [4.78, 5) is 27.7. The zero-order chi connectivity index (χ0) is 21.4. The van der Waals surface area contributed by atoms with Crippen molar-refractivity contribution < 1.29 is 23.8 Å². The molecule has 1 saturated carbocycles. The first-order valence-electron chi connectivity index (χ1n) is 9.81. The SMILES string of the molecule is COc1c(Cl)cc(Cl)cc1/C(O)=C1/C(=O)C(=O)N(C2CCCCC2)C1c1ccco1. The summed E-state index contributed by atoms with van der Waals surface area (Å²) < 4.78 is 10.9. The van der Waals surface area contributed by atoms with E-state index < -0.39 is 23.5 Å². The summed E-state index contributed by atoms with van der Waals surface area (Å²) in [6, 6.07) is 5.39.